The van der Waals surface area contributed by atoms with Crippen molar-refractivity contribution in [3.63, 3.8) is 0 Å². The second-order valence-electron chi connectivity index (χ2n) is 3.78. The molecular weight excluding hydrogens is 208 g/mol. The van der Waals surface area contributed by atoms with E-state index in [-0.39, 0.29) is 0 Å². The van der Waals surface area contributed by atoms with Crippen LogP contribution in [0.1, 0.15) is 46.5 Å². The summed E-state index contributed by atoms with van der Waals surface area (Å²) in [6, 6.07) is 0. The average molecular weight is 228 g/mol. The second kappa shape index (κ2) is 8.28. The molecule has 0 aromatic carbocycles. The van der Waals surface area contributed by atoms with Crippen LogP contribution in [0.5, 0.6) is 0 Å². The number of rotatable bonds is 10. The van der Waals surface area contributed by atoms with Crippen LogP contribution in [0.25, 0.3) is 0 Å². The van der Waals surface area contributed by atoms with Gasteiger partial charge in [0.1, 0.15) is 0 Å². The molecule has 0 saturated carbocycles. The van der Waals surface area contributed by atoms with Crippen molar-refractivity contribution in [2.75, 3.05) is 6.61 Å². The van der Waals surface area contributed by atoms with Gasteiger partial charge in [-0.3, -0.25) is 4.79 Å². The van der Waals surface area contributed by atoms with E-state index in [4.69, 9.17) is 4.74 Å². The summed E-state index contributed by atoms with van der Waals surface area (Å²) in [6.07, 6.45) is 4.56. The van der Waals surface area contributed by atoms with Gasteiger partial charge in [-0.25, -0.2) is 4.79 Å². The molecule has 0 spiro atoms. The Morgan fingerprint density at radius 2 is 1.81 bits per heavy atom. The van der Waals surface area contributed by atoms with Gasteiger partial charge in [0.05, 0.1) is 6.61 Å². The highest BCUT2D eigenvalue weighted by Crippen LogP contribution is 2.20. The van der Waals surface area contributed by atoms with Gasteiger partial charge in [0.25, 0.3) is 12.1 Å². The Hall–Kier alpha value is -0.900. The Balaban J connectivity index is 4.39. The fourth-order valence-corrected chi connectivity index (χ4v) is 1.43. The van der Waals surface area contributed by atoms with E-state index in [0.29, 0.717) is 25.4 Å². The molecule has 0 amide bonds. The maximum atomic E-state index is 10.8. The lowest BCUT2D eigenvalue weighted by Crippen LogP contribution is -2.38. The fraction of sp³-hybridized carbons (Fsp3) is 0.833. The molecule has 0 aliphatic heterocycles. The minimum Gasteiger partial charge on any atom is -0.416 e. The molecule has 4 nitrogen and oxygen atoms in total. The highest BCUT2D eigenvalue weighted by molar-refractivity contribution is 5.63. The smallest absolute Gasteiger partial charge is 0.416 e. The summed E-state index contributed by atoms with van der Waals surface area (Å²) in [6.45, 7) is 7.64. The van der Waals surface area contributed by atoms with Crippen molar-refractivity contribution in [2.45, 2.75) is 52.2 Å². The highest BCUT2D eigenvalue weighted by Gasteiger charge is 2.34. The number of hydrogen-bond donors (Lipinski definition) is 0. The second-order valence-corrected chi connectivity index (χ2v) is 3.78. The molecule has 0 aromatic rings. The van der Waals surface area contributed by atoms with E-state index < -0.39 is 5.79 Å². The third-order valence-corrected chi connectivity index (χ3v) is 2.65. The van der Waals surface area contributed by atoms with Crippen molar-refractivity contribution < 1.29 is 19.1 Å². The van der Waals surface area contributed by atoms with E-state index in [9.17, 15) is 9.59 Å². The molecule has 0 aliphatic rings. The summed E-state index contributed by atoms with van der Waals surface area (Å²) in [4.78, 5) is 21.1. The molecule has 2 radical (unpaired) electrons. The summed E-state index contributed by atoms with van der Waals surface area (Å²) in [5.41, 5.74) is 0. The fourth-order valence-electron chi connectivity index (χ4n) is 1.43. The molecule has 0 bridgehead atoms. The largest absolute Gasteiger partial charge is 0.420 e. The normalized spacial score (nSPS) is 14.5. The van der Waals surface area contributed by atoms with Crippen LogP contribution in [0.3, 0.4) is 0 Å². The van der Waals surface area contributed by atoms with Crippen molar-refractivity contribution >= 4 is 12.8 Å². The molecule has 92 valence electrons. The highest BCUT2D eigenvalue weighted by atomic mass is 16.7. The van der Waals surface area contributed by atoms with Gasteiger partial charge in [-0.2, -0.15) is 0 Å². The molecule has 0 aliphatic carbocycles. The summed E-state index contributed by atoms with van der Waals surface area (Å²) in [5.74, 6) is -1.20. The quantitative estimate of drug-likeness (QED) is 0.537. The van der Waals surface area contributed by atoms with Crippen molar-refractivity contribution in [3.05, 3.63) is 0 Å². The maximum Gasteiger partial charge on any atom is 0.420 e. The van der Waals surface area contributed by atoms with E-state index >= 15 is 0 Å². The Labute approximate surface area is 97.3 Å². The van der Waals surface area contributed by atoms with Gasteiger partial charge in [-0.05, 0) is 12.3 Å². The molecule has 0 rings (SSSR count). The van der Waals surface area contributed by atoms with Crippen molar-refractivity contribution in [2.24, 2.45) is 5.92 Å². The Kier molecular flexibility index (Phi) is 7.81. The lowest BCUT2D eigenvalue weighted by Gasteiger charge is -2.26. The van der Waals surface area contributed by atoms with Crippen molar-refractivity contribution in [3.8, 4) is 0 Å². The Bertz CT molecular complexity index is 201. The molecule has 1 atom stereocenters. The molecule has 0 heterocycles. The monoisotopic (exact) mass is 228 g/mol. The first-order valence-corrected chi connectivity index (χ1v) is 5.76. The Morgan fingerprint density at radius 3 is 2.19 bits per heavy atom. The van der Waals surface area contributed by atoms with Crippen LogP contribution in [0.4, 0.5) is 0 Å². The van der Waals surface area contributed by atoms with E-state index in [1.165, 1.54) is 6.47 Å². The summed E-state index contributed by atoms with van der Waals surface area (Å²) < 4.78 is 10.0. The molecule has 0 aromatic heterocycles. The molecular formula is C12H20O4. The van der Waals surface area contributed by atoms with Gasteiger partial charge in [0.15, 0.2) is 0 Å². The molecule has 1 unspecified atom stereocenters. The van der Waals surface area contributed by atoms with E-state index in [1.54, 1.807) is 6.29 Å². The zero-order valence-electron chi connectivity index (χ0n) is 10.2. The zero-order chi connectivity index (χ0) is 12.4. The van der Waals surface area contributed by atoms with Crippen LogP contribution in [-0.4, -0.2) is 25.2 Å². The summed E-state index contributed by atoms with van der Waals surface area (Å²) >= 11 is 0. The lowest BCUT2D eigenvalue weighted by atomic mass is 10.0. The number of carbonyl (C=O) groups excluding carboxylic acids is 2. The molecule has 16 heavy (non-hydrogen) atoms. The van der Waals surface area contributed by atoms with Crippen LogP contribution in [0.15, 0.2) is 0 Å². The molecule has 0 fully saturated rings. The zero-order valence-corrected chi connectivity index (χ0v) is 10.2. The van der Waals surface area contributed by atoms with Crippen molar-refractivity contribution in [1.82, 2.24) is 0 Å². The first-order valence-electron chi connectivity index (χ1n) is 5.76. The van der Waals surface area contributed by atoms with E-state index in [1.807, 2.05) is 6.92 Å². The first kappa shape index (κ1) is 15.1. The minimum absolute atomic E-state index is 0.311. The SMILES string of the molecule is CCCC([C]=O)(O[C]=O)OCC(CC)CC. The average Bonchev–Trinajstić information content (AvgIpc) is 2.30. The Morgan fingerprint density at radius 1 is 1.19 bits per heavy atom. The first-order chi connectivity index (χ1) is 7.67. The molecule has 0 saturated heterocycles. The number of ether oxygens (including phenoxy) is 2. The predicted molar refractivity (Wildman–Crippen MR) is 60.1 cm³/mol. The van der Waals surface area contributed by atoms with Gasteiger partial charge < -0.3 is 9.47 Å². The summed E-state index contributed by atoms with van der Waals surface area (Å²) in [7, 11) is 0. The van der Waals surface area contributed by atoms with Crippen LogP contribution in [0, 0.1) is 5.92 Å². The van der Waals surface area contributed by atoms with E-state index in [2.05, 4.69) is 18.6 Å². The predicted octanol–water partition coefficient (Wildman–Crippen LogP) is 2.13. The van der Waals surface area contributed by atoms with Gasteiger partial charge in [0.2, 0.25) is 0 Å². The van der Waals surface area contributed by atoms with Gasteiger partial charge in [-0.1, -0.05) is 33.6 Å². The van der Waals surface area contributed by atoms with E-state index in [0.717, 1.165) is 12.8 Å². The molecule has 4 heteroatoms. The van der Waals surface area contributed by atoms with Crippen LogP contribution in [0.2, 0.25) is 0 Å². The lowest BCUT2D eigenvalue weighted by molar-refractivity contribution is -0.153. The van der Waals surface area contributed by atoms with Crippen LogP contribution >= 0.6 is 0 Å². The molecule has 0 N–H and O–H groups in total. The number of hydrogen-bond acceptors (Lipinski definition) is 4. The summed E-state index contributed by atoms with van der Waals surface area (Å²) in [5, 5.41) is 0. The third kappa shape index (κ3) is 4.75. The van der Waals surface area contributed by atoms with Gasteiger partial charge in [0, 0.05) is 6.42 Å². The standard InChI is InChI=1S/C12H20O4/c1-4-7-12(9-13,16-10-14)15-8-11(5-2)6-3/h11H,4-8H2,1-3H3. The van der Waals surface area contributed by atoms with Gasteiger partial charge >= 0.3 is 6.47 Å². The van der Waals surface area contributed by atoms with Crippen LogP contribution in [-0.2, 0) is 19.1 Å². The van der Waals surface area contributed by atoms with Crippen molar-refractivity contribution in [1.29, 1.82) is 0 Å². The van der Waals surface area contributed by atoms with Gasteiger partial charge in [-0.15, -0.1) is 0 Å². The maximum absolute atomic E-state index is 10.8. The third-order valence-electron chi connectivity index (χ3n) is 2.65. The minimum atomic E-state index is -1.56. The van der Waals surface area contributed by atoms with Crippen LogP contribution < -0.4 is 0 Å². The topological polar surface area (TPSA) is 52.6 Å².